The average Bonchev–Trinajstić information content (AvgIpc) is 2.34. The molecule has 4 N–H and O–H groups in total. The van der Waals surface area contributed by atoms with Crippen LogP contribution in [0.3, 0.4) is 0 Å². The molecule has 0 fully saturated rings. The summed E-state index contributed by atoms with van der Waals surface area (Å²) in [5.74, 6) is -0.0442. The van der Waals surface area contributed by atoms with Crippen LogP contribution in [0, 0.1) is 5.92 Å². The Morgan fingerprint density at radius 2 is 2.16 bits per heavy atom. The number of nitrogens with two attached hydrogens (primary N) is 2. The first-order valence-corrected chi connectivity index (χ1v) is 6.60. The second-order valence-electron chi connectivity index (χ2n) is 4.82. The molecule has 0 aliphatic heterocycles. The largest absolute Gasteiger partial charge is 0.393 e. The molecule has 5 nitrogen and oxygen atoms in total. The van der Waals surface area contributed by atoms with E-state index in [0.717, 1.165) is 18.8 Å². The Morgan fingerprint density at radius 1 is 1.47 bits per heavy atom. The van der Waals surface area contributed by atoms with Gasteiger partial charge in [0.05, 0.1) is 4.99 Å². The van der Waals surface area contributed by atoms with Crippen LogP contribution < -0.4 is 16.4 Å². The van der Waals surface area contributed by atoms with Crippen LogP contribution in [0.2, 0.25) is 0 Å². The summed E-state index contributed by atoms with van der Waals surface area (Å²) in [5, 5.41) is 0. The van der Waals surface area contributed by atoms with Crippen molar-refractivity contribution in [2.75, 3.05) is 18.0 Å². The van der Waals surface area contributed by atoms with E-state index < -0.39 is 5.91 Å². The Labute approximate surface area is 119 Å². The Hall–Kier alpha value is -1.69. The summed E-state index contributed by atoms with van der Waals surface area (Å²) in [5.41, 5.74) is 12.0. The smallest absolute Gasteiger partial charge is 0.267 e. The molecule has 0 unspecified atom stereocenters. The molecular formula is C13H20N4OS. The number of thiocarbonyl (C=S) groups is 1. The third-order valence-electron chi connectivity index (χ3n) is 2.57. The third-order valence-corrected chi connectivity index (χ3v) is 2.78. The van der Waals surface area contributed by atoms with Crippen molar-refractivity contribution in [3.05, 3.63) is 24.0 Å². The van der Waals surface area contributed by atoms with E-state index in [9.17, 15) is 4.79 Å². The van der Waals surface area contributed by atoms with Gasteiger partial charge < -0.3 is 16.4 Å². The first kappa shape index (κ1) is 15.4. The number of hydrogen-bond donors (Lipinski definition) is 2. The lowest BCUT2D eigenvalue weighted by Gasteiger charge is -2.26. The van der Waals surface area contributed by atoms with Gasteiger partial charge >= 0.3 is 0 Å². The molecule has 0 saturated carbocycles. The molecule has 0 saturated heterocycles. The fraction of sp³-hybridized carbons (Fsp3) is 0.462. The Bertz CT molecular complexity index is 462. The maximum atomic E-state index is 11.2. The van der Waals surface area contributed by atoms with Crippen LogP contribution >= 0.6 is 12.2 Å². The quantitative estimate of drug-likeness (QED) is 0.736. The number of carbonyl (C=O) groups is 1. The first-order chi connectivity index (χ1) is 8.90. The summed E-state index contributed by atoms with van der Waals surface area (Å²) in [6.45, 7) is 5.83. The van der Waals surface area contributed by atoms with E-state index in [-0.39, 0.29) is 5.69 Å². The molecule has 1 amide bonds. The number of carbonyl (C=O) groups excluding carboxylic acids is 1. The van der Waals surface area contributed by atoms with E-state index in [1.165, 1.54) is 0 Å². The van der Waals surface area contributed by atoms with Gasteiger partial charge in [-0.3, -0.25) is 9.78 Å². The van der Waals surface area contributed by atoms with Gasteiger partial charge in [0.2, 0.25) is 0 Å². The number of anilines is 1. The van der Waals surface area contributed by atoms with Gasteiger partial charge in [-0.05, 0) is 18.1 Å². The fourth-order valence-electron chi connectivity index (χ4n) is 1.76. The minimum atomic E-state index is -0.527. The Kier molecular flexibility index (Phi) is 5.69. The minimum Gasteiger partial charge on any atom is -0.393 e. The van der Waals surface area contributed by atoms with Crippen molar-refractivity contribution >= 4 is 28.8 Å². The van der Waals surface area contributed by atoms with Gasteiger partial charge in [-0.2, -0.15) is 0 Å². The SMILES string of the molecule is CC(C)CN(CCC(N)=S)c1ccnc(C(N)=O)c1. The van der Waals surface area contributed by atoms with Crippen LogP contribution in [0.5, 0.6) is 0 Å². The van der Waals surface area contributed by atoms with Gasteiger partial charge in [-0.25, -0.2) is 0 Å². The number of nitrogens with zero attached hydrogens (tertiary/aromatic N) is 2. The summed E-state index contributed by atoms with van der Waals surface area (Å²) >= 11 is 4.91. The fourth-order valence-corrected chi connectivity index (χ4v) is 1.85. The first-order valence-electron chi connectivity index (χ1n) is 6.19. The maximum absolute atomic E-state index is 11.2. The molecule has 1 aromatic heterocycles. The third kappa shape index (κ3) is 5.21. The van der Waals surface area contributed by atoms with Crippen LogP contribution in [-0.2, 0) is 0 Å². The second kappa shape index (κ2) is 7.04. The summed E-state index contributed by atoms with van der Waals surface area (Å²) < 4.78 is 0. The molecule has 19 heavy (non-hydrogen) atoms. The molecule has 0 radical (unpaired) electrons. The van der Waals surface area contributed by atoms with Crippen LogP contribution in [0.25, 0.3) is 0 Å². The molecule has 0 aliphatic rings. The lowest BCUT2D eigenvalue weighted by Crippen LogP contribution is -2.31. The summed E-state index contributed by atoms with van der Waals surface area (Å²) in [4.78, 5) is 17.7. The van der Waals surface area contributed by atoms with Crippen LogP contribution in [0.15, 0.2) is 18.3 Å². The average molecular weight is 280 g/mol. The van der Waals surface area contributed by atoms with Gasteiger partial charge in [0.25, 0.3) is 5.91 Å². The van der Waals surface area contributed by atoms with Gasteiger partial charge in [0.15, 0.2) is 0 Å². The number of primary amides is 1. The summed E-state index contributed by atoms with van der Waals surface area (Å²) in [6.07, 6.45) is 2.22. The molecule has 1 heterocycles. The van der Waals surface area contributed by atoms with Crippen LogP contribution in [-0.4, -0.2) is 29.0 Å². The Balaban J connectivity index is 2.92. The monoisotopic (exact) mass is 280 g/mol. The van der Waals surface area contributed by atoms with Crippen molar-refractivity contribution in [3.63, 3.8) is 0 Å². The molecule has 0 atom stereocenters. The van der Waals surface area contributed by atoms with Crippen molar-refractivity contribution in [1.82, 2.24) is 4.98 Å². The van der Waals surface area contributed by atoms with E-state index in [4.69, 9.17) is 23.7 Å². The summed E-state index contributed by atoms with van der Waals surface area (Å²) in [7, 11) is 0. The Morgan fingerprint density at radius 3 is 2.68 bits per heavy atom. The van der Waals surface area contributed by atoms with Crippen molar-refractivity contribution in [2.45, 2.75) is 20.3 Å². The predicted molar refractivity (Wildman–Crippen MR) is 81.2 cm³/mol. The highest BCUT2D eigenvalue weighted by molar-refractivity contribution is 7.80. The zero-order chi connectivity index (χ0) is 14.4. The number of amides is 1. The normalized spacial score (nSPS) is 10.5. The molecule has 0 aromatic carbocycles. The number of aromatic nitrogens is 1. The van der Waals surface area contributed by atoms with Crippen LogP contribution in [0.4, 0.5) is 5.69 Å². The standard InChI is InChI=1S/C13H20N4OS/c1-9(2)8-17(6-4-12(14)19)10-3-5-16-11(7-10)13(15)18/h3,5,7,9H,4,6,8H2,1-2H3,(H2,14,19)(H2,15,18). The molecule has 1 rings (SSSR count). The van der Waals surface area contributed by atoms with E-state index in [1.54, 1.807) is 12.3 Å². The molecule has 0 spiro atoms. The van der Waals surface area contributed by atoms with Crippen molar-refractivity contribution in [2.24, 2.45) is 17.4 Å². The van der Waals surface area contributed by atoms with Crippen molar-refractivity contribution in [1.29, 1.82) is 0 Å². The minimum absolute atomic E-state index is 0.265. The topological polar surface area (TPSA) is 85.2 Å². The summed E-state index contributed by atoms with van der Waals surface area (Å²) in [6, 6.07) is 3.55. The molecule has 6 heteroatoms. The number of pyridine rings is 1. The van der Waals surface area contributed by atoms with Crippen molar-refractivity contribution in [3.8, 4) is 0 Å². The van der Waals surface area contributed by atoms with Crippen LogP contribution in [0.1, 0.15) is 30.8 Å². The van der Waals surface area contributed by atoms with E-state index >= 15 is 0 Å². The van der Waals surface area contributed by atoms with Gasteiger partial charge in [0, 0.05) is 31.4 Å². The number of rotatable bonds is 7. The molecule has 0 bridgehead atoms. The second-order valence-corrected chi connectivity index (χ2v) is 5.34. The maximum Gasteiger partial charge on any atom is 0.267 e. The van der Waals surface area contributed by atoms with Gasteiger partial charge in [-0.1, -0.05) is 26.1 Å². The van der Waals surface area contributed by atoms with Gasteiger partial charge in [0.1, 0.15) is 5.69 Å². The molecule has 104 valence electrons. The lowest BCUT2D eigenvalue weighted by molar-refractivity contribution is 0.0995. The predicted octanol–water partition coefficient (Wildman–Crippen LogP) is 1.32. The van der Waals surface area contributed by atoms with E-state index in [2.05, 4.69) is 23.7 Å². The van der Waals surface area contributed by atoms with E-state index in [1.807, 2.05) is 6.07 Å². The molecular weight excluding hydrogens is 260 g/mol. The van der Waals surface area contributed by atoms with Crippen molar-refractivity contribution < 1.29 is 4.79 Å². The lowest BCUT2D eigenvalue weighted by atomic mass is 10.1. The molecule has 0 aliphatic carbocycles. The number of hydrogen-bond acceptors (Lipinski definition) is 4. The van der Waals surface area contributed by atoms with Gasteiger partial charge in [-0.15, -0.1) is 0 Å². The zero-order valence-corrected chi connectivity index (χ0v) is 12.1. The molecule has 1 aromatic rings. The highest BCUT2D eigenvalue weighted by Crippen LogP contribution is 2.16. The van der Waals surface area contributed by atoms with E-state index in [0.29, 0.717) is 17.3 Å². The highest BCUT2D eigenvalue weighted by Gasteiger charge is 2.11. The highest BCUT2D eigenvalue weighted by atomic mass is 32.1. The zero-order valence-electron chi connectivity index (χ0n) is 11.3.